The summed E-state index contributed by atoms with van der Waals surface area (Å²) in [6, 6.07) is 4.20. The van der Waals surface area contributed by atoms with Gasteiger partial charge in [0.1, 0.15) is 12.4 Å². The van der Waals surface area contributed by atoms with Gasteiger partial charge >= 0.3 is 6.09 Å². The molecule has 0 saturated carbocycles. The molecule has 0 bridgehead atoms. The Morgan fingerprint density at radius 1 is 1.50 bits per heavy atom. The van der Waals surface area contributed by atoms with Gasteiger partial charge in [0.05, 0.1) is 12.2 Å². The van der Waals surface area contributed by atoms with Gasteiger partial charge in [-0.2, -0.15) is 0 Å². The molecule has 1 aliphatic rings. The fraction of sp³-hybridized carbons (Fsp3) is 0.222. The number of nitrogens with two attached hydrogens (primary N) is 1. The number of amides is 1. The summed E-state index contributed by atoms with van der Waals surface area (Å²) in [5.74, 6) is -0.510. The highest BCUT2D eigenvalue weighted by molar-refractivity contribution is 5.89. The largest absolute Gasteiger partial charge is 0.447 e. The summed E-state index contributed by atoms with van der Waals surface area (Å²) in [5, 5.41) is 0. The number of ether oxygens (including phenoxy) is 1. The van der Waals surface area contributed by atoms with Gasteiger partial charge in [-0.05, 0) is 18.2 Å². The molecule has 0 spiro atoms. The highest BCUT2D eigenvalue weighted by Gasteiger charge is 2.25. The van der Waals surface area contributed by atoms with E-state index in [1.807, 2.05) is 0 Å². The molecule has 0 aromatic heterocycles. The van der Waals surface area contributed by atoms with Gasteiger partial charge in [0.2, 0.25) is 0 Å². The van der Waals surface area contributed by atoms with E-state index in [2.05, 4.69) is 0 Å². The Hall–Kier alpha value is -1.78. The number of nitrogens with zero attached hydrogens (tertiary/aromatic N) is 1. The molecule has 0 radical (unpaired) electrons. The van der Waals surface area contributed by atoms with Crippen molar-refractivity contribution in [2.45, 2.75) is 0 Å². The molecule has 74 valence electrons. The number of halogens is 1. The Bertz CT molecular complexity index is 381. The number of cyclic esters (lactones) is 1. The SMILES string of the molecule is Nc1ccc(N2CCOC2=O)c(F)c1. The van der Waals surface area contributed by atoms with Crippen LogP contribution in [0, 0.1) is 5.82 Å². The van der Waals surface area contributed by atoms with Crippen LogP contribution in [0.3, 0.4) is 0 Å². The quantitative estimate of drug-likeness (QED) is 0.690. The molecule has 1 amide bonds. The van der Waals surface area contributed by atoms with Gasteiger partial charge in [-0.1, -0.05) is 0 Å². The van der Waals surface area contributed by atoms with E-state index in [1.54, 1.807) is 6.07 Å². The first-order valence-electron chi connectivity index (χ1n) is 4.18. The van der Waals surface area contributed by atoms with Gasteiger partial charge in [0.15, 0.2) is 0 Å². The van der Waals surface area contributed by atoms with Crippen molar-refractivity contribution in [1.82, 2.24) is 0 Å². The zero-order chi connectivity index (χ0) is 10.1. The van der Waals surface area contributed by atoms with Crippen molar-refractivity contribution in [3.05, 3.63) is 24.0 Å². The number of rotatable bonds is 1. The highest BCUT2D eigenvalue weighted by atomic mass is 19.1. The molecular weight excluding hydrogens is 187 g/mol. The molecule has 0 unspecified atom stereocenters. The van der Waals surface area contributed by atoms with Gasteiger partial charge < -0.3 is 10.5 Å². The van der Waals surface area contributed by atoms with E-state index in [1.165, 1.54) is 17.0 Å². The van der Waals surface area contributed by atoms with E-state index in [4.69, 9.17) is 10.5 Å². The molecular formula is C9H9FN2O2. The van der Waals surface area contributed by atoms with Gasteiger partial charge in [0.25, 0.3) is 0 Å². The maximum atomic E-state index is 13.3. The van der Waals surface area contributed by atoms with Crippen molar-refractivity contribution in [3.8, 4) is 0 Å². The number of benzene rings is 1. The molecule has 1 saturated heterocycles. The van der Waals surface area contributed by atoms with Gasteiger partial charge in [-0.3, -0.25) is 4.90 Å². The lowest BCUT2D eigenvalue weighted by Gasteiger charge is -2.13. The summed E-state index contributed by atoms with van der Waals surface area (Å²) in [5.41, 5.74) is 5.93. The third-order valence-electron chi connectivity index (χ3n) is 2.02. The van der Waals surface area contributed by atoms with Crippen LogP contribution in [0.5, 0.6) is 0 Å². The third kappa shape index (κ3) is 1.37. The Balaban J connectivity index is 2.36. The number of anilines is 2. The minimum Gasteiger partial charge on any atom is -0.447 e. The molecule has 1 fully saturated rings. The number of hydrogen-bond acceptors (Lipinski definition) is 3. The lowest BCUT2D eigenvalue weighted by atomic mass is 10.2. The summed E-state index contributed by atoms with van der Waals surface area (Å²) in [6.45, 7) is 0.669. The first-order valence-corrected chi connectivity index (χ1v) is 4.18. The molecule has 2 rings (SSSR count). The van der Waals surface area contributed by atoms with Crippen molar-refractivity contribution in [2.75, 3.05) is 23.8 Å². The first kappa shape index (κ1) is 8.80. The van der Waals surface area contributed by atoms with Crippen LogP contribution in [0.4, 0.5) is 20.6 Å². The van der Waals surface area contributed by atoms with E-state index in [0.29, 0.717) is 18.8 Å². The molecule has 1 aliphatic heterocycles. The van der Waals surface area contributed by atoms with Crippen molar-refractivity contribution in [2.24, 2.45) is 0 Å². The zero-order valence-electron chi connectivity index (χ0n) is 7.37. The summed E-state index contributed by atoms with van der Waals surface area (Å²) in [6.07, 6.45) is -0.520. The summed E-state index contributed by atoms with van der Waals surface area (Å²) < 4.78 is 18.0. The van der Waals surface area contributed by atoms with Crippen molar-refractivity contribution < 1.29 is 13.9 Å². The van der Waals surface area contributed by atoms with E-state index < -0.39 is 11.9 Å². The predicted molar refractivity (Wildman–Crippen MR) is 49.5 cm³/mol. The van der Waals surface area contributed by atoms with Crippen LogP contribution in [-0.4, -0.2) is 19.2 Å². The molecule has 1 heterocycles. The fourth-order valence-corrected chi connectivity index (χ4v) is 1.35. The molecule has 4 nitrogen and oxygen atoms in total. The summed E-state index contributed by atoms with van der Waals surface area (Å²) in [4.78, 5) is 12.4. The molecule has 1 aromatic rings. The average molecular weight is 196 g/mol. The Morgan fingerprint density at radius 2 is 2.29 bits per heavy atom. The molecule has 5 heteroatoms. The van der Waals surface area contributed by atoms with Crippen molar-refractivity contribution in [1.29, 1.82) is 0 Å². The highest BCUT2D eigenvalue weighted by Crippen LogP contribution is 2.23. The van der Waals surface area contributed by atoms with E-state index in [-0.39, 0.29) is 5.69 Å². The van der Waals surface area contributed by atoms with Crippen LogP contribution < -0.4 is 10.6 Å². The van der Waals surface area contributed by atoms with Crippen LogP contribution in [0.25, 0.3) is 0 Å². The minimum atomic E-state index is -0.520. The van der Waals surface area contributed by atoms with E-state index in [0.717, 1.165) is 0 Å². The first-order chi connectivity index (χ1) is 6.68. The van der Waals surface area contributed by atoms with Crippen LogP contribution in [0.1, 0.15) is 0 Å². The number of nitrogen functional groups attached to an aromatic ring is 1. The van der Waals surface area contributed by atoms with Gasteiger partial charge in [-0.25, -0.2) is 9.18 Å². The van der Waals surface area contributed by atoms with Crippen LogP contribution in [0.15, 0.2) is 18.2 Å². The Morgan fingerprint density at radius 3 is 2.86 bits per heavy atom. The zero-order valence-corrected chi connectivity index (χ0v) is 7.37. The molecule has 2 N–H and O–H groups in total. The molecule has 0 aliphatic carbocycles. The topological polar surface area (TPSA) is 55.6 Å². The smallest absolute Gasteiger partial charge is 0.414 e. The standard InChI is InChI=1S/C9H9FN2O2/c10-7-5-6(11)1-2-8(7)12-3-4-14-9(12)13/h1-2,5H,3-4,11H2. The van der Waals surface area contributed by atoms with Crippen LogP contribution >= 0.6 is 0 Å². The second kappa shape index (κ2) is 3.17. The fourth-order valence-electron chi connectivity index (χ4n) is 1.35. The Labute approximate surface area is 80.1 Å². The lowest BCUT2D eigenvalue weighted by Crippen LogP contribution is -2.24. The normalized spacial score (nSPS) is 15.8. The molecule has 0 atom stereocenters. The predicted octanol–water partition coefficient (Wildman–Crippen LogP) is 1.36. The second-order valence-electron chi connectivity index (χ2n) is 2.98. The number of carbonyl (C=O) groups is 1. The van der Waals surface area contributed by atoms with Crippen LogP contribution in [0.2, 0.25) is 0 Å². The maximum absolute atomic E-state index is 13.3. The maximum Gasteiger partial charge on any atom is 0.414 e. The van der Waals surface area contributed by atoms with E-state index in [9.17, 15) is 9.18 Å². The average Bonchev–Trinajstić information content (AvgIpc) is 2.52. The minimum absolute atomic E-state index is 0.210. The summed E-state index contributed by atoms with van der Waals surface area (Å²) in [7, 11) is 0. The van der Waals surface area contributed by atoms with E-state index >= 15 is 0 Å². The van der Waals surface area contributed by atoms with Crippen LogP contribution in [-0.2, 0) is 4.74 Å². The van der Waals surface area contributed by atoms with Crippen molar-refractivity contribution in [3.63, 3.8) is 0 Å². The monoisotopic (exact) mass is 196 g/mol. The molecule has 1 aromatic carbocycles. The van der Waals surface area contributed by atoms with Crippen molar-refractivity contribution >= 4 is 17.5 Å². The second-order valence-corrected chi connectivity index (χ2v) is 2.98. The summed E-state index contributed by atoms with van der Waals surface area (Å²) >= 11 is 0. The number of carbonyl (C=O) groups excluding carboxylic acids is 1. The third-order valence-corrected chi connectivity index (χ3v) is 2.02. The molecule has 14 heavy (non-hydrogen) atoms. The van der Waals surface area contributed by atoms with Gasteiger partial charge in [0, 0.05) is 5.69 Å². The van der Waals surface area contributed by atoms with Gasteiger partial charge in [-0.15, -0.1) is 0 Å². The number of hydrogen-bond donors (Lipinski definition) is 1. The lowest BCUT2D eigenvalue weighted by molar-refractivity contribution is 0.181. The Kier molecular flexibility index (Phi) is 1.99.